The fourth-order valence-electron chi connectivity index (χ4n) is 2.76. The summed E-state index contributed by atoms with van der Waals surface area (Å²) in [6.45, 7) is 0.217. The Hall–Kier alpha value is -2.30. The van der Waals surface area contributed by atoms with Crippen molar-refractivity contribution in [1.82, 2.24) is 0 Å². The molecule has 0 atom stereocenters. The van der Waals surface area contributed by atoms with E-state index < -0.39 is 0 Å². The largest absolute Gasteiger partial charge is 0.506 e. The van der Waals surface area contributed by atoms with Gasteiger partial charge in [0.2, 0.25) is 0 Å². The lowest BCUT2D eigenvalue weighted by Gasteiger charge is -2.14. The van der Waals surface area contributed by atoms with Gasteiger partial charge in [-0.25, -0.2) is 0 Å². The van der Waals surface area contributed by atoms with Crippen molar-refractivity contribution in [2.45, 2.75) is 25.9 Å². The average molecular weight is 391 g/mol. The van der Waals surface area contributed by atoms with Gasteiger partial charge < -0.3 is 9.84 Å². The molecule has 0 radical (unpaired) electrons. The molecule has 3 rings (SSSR count). The van der Waals surface area contributed by atoms with Crippen LogP contribution in [0, 0.1) is 0 Å². The predicted molar refractivity (Wildman–Crippen MR) is 101 cm³/mol. The van der Waals surface area contributed by atoms with Crippen LogP contribution in [-0.4, -0.2) is 16.7 Å². The number of ketones is 2. The summed E-state index contributed by atoms with van der Waals surface area (Å²) in [5.41, 5.74) is 1.01. The van der Waals surface area contributed by atoms with Gasteiger partial charge in [-0.15, -0.1) is 0 Å². The van der Waals surface area contributed by atoms with Crippen molar-refractivity contribution < 1.29 is 19.4 Å². The fourth-order valence-corrected chi connectivity index (χ4v) is 3.22. The number of allylic oxidation sites excluding steroid dienone is 1. The number of ether oxygens (including phenoxy) is 1. The highest BCUT2D eigenvalue weighted by Crippen LogP contribution is 2.27. The molecule has 0 saturated heterocycles. The van der Waals surface area contributed by atoms with Gasteiger partial charge in [0, 0.05) is 34.0 Å². The lowest BCUT2D eigenvalue weighted by molar-refractivity contribution is -0.123. The van der Waals surface area contributed by atoms with E-state index in [2.05, 4.69) is 0 Å². The first-order valence-corrected chi connectivity index (χ1v) is 8.88. The number of benzene rings is 2. The van der Waals surface area contributed by atoms with E-state index in [1.54, 1.807) is 42.5 Å². The third kappa shape index (κ3) is 4.09. The molecule has 0 unspecified atom stereocenters. The first kappa shape index (κ1) is 18.5. The number of aliphatic hydroxyl groups excluding tert-OH is 1. The molecule has 0 amide bonds. The molecule has 0 aliphatic heterocycles. The number of aliphatic hydroxyl groups is 1. The van der Waals surface area contributed by atoms with Crippen molar-refractivity contribution in [3.05, 3.63) is 69.2 Å². The van der Waals surface area contributed by atoms with Crippen LogP contribution in [0.3, 0.4) is 0 Å². The summed E-state index contributed by atoms with van der Waals surface area (Å²) in [7, 11) is 0. The van der Waals surface area contributed by atoms with Crippen molar-refractivity contribution in [2.75, 3.05) is 0 Å². The molecule has 6 heteroatoms. The number of hydrogen-bond donors (Lipinski definition) is 1. The molecule has 1 saturated carbocycles. The zero-order valence-electron chi connectivity index (χ0n) is 13.8. The van der Waals surface area contributed by atoms with E-state index in [0.29, 0.717) is 27.8 Å². The average Bonchev–Trinajstić information content (AvgIpc) is 2.61. The van der Waals surface area contributed by atoms with Crippen molar-refractivity contribution in [1.29, 1.82) is 0 Å². The second-order valence-electron chi connectivity index (χ2n) is 5.98. The molecule has 2 aromatic carbocycles. The summed E-state index contributed by atoms with van der Waals surface area (Å²) in [6, 6.07) is 11.7. The van der Waals surface area contributed by atoms with Gasteiger partial charge in [-0.1, -0.05) is 41.4 Å². The monoisotopic (exact) mass is 390 g/mol. The van der Waals surface area contributed by atoms with Crippen LogP contribution in [0.5, 0.6) is 5.75 Å². The molecule has 1 aliphatic rings. The number of carbonyl (C=O) groups excluding carboxylic acids is 2. The molecule has 0 bridgehead atoms. The van der Waals surface area contributed by atoms with Crippen LogP contribution in [0.2, 0.25) is 10.0 Å². The maximum atomic E-state index is 12.0. The normalized spacial score (nSPS) is 14.5. The molecular weight excluding hydrogens is 375 g/mol. The van der Waals surface area contributed by atoms with Crippen LogP contribution in [0.15, 0.2) is 48.0 Å². The Morgan fingerprint density at radius 3 is 2.46 bits per heavy atom. The summed E-state index contributed by atoms with van der Waals surface area (Å²) in [5.74, 6) is -0.456. The summed E-state index contributed by atoms with van der Waals surface area (Å²) in [5, 5.41) is 11.5. The Bertz CT molecular complexity index is 884. The van der Waals surface area contributed by atoms with Gasteiger partial charge in [-0.2, -0.15) is 0 Å². The number of rotatable bonds is 4. The predicted octanol–water partition coefficient (Wildman–Crippen LogP) is 5.16. The highest BCUT2D eigenvalue weighted by atomic mass is 35.5. The van der Waals surface area contributed by atoms with Crippen LogP contribution in [0.25, 0.3) is 5.76 Å². The van der Waals surface area contributed by atoms with E-state index in [1.807, 2.05) is 0 Å². The fraction of sp³-hybridized carbons (Fsp3) is 0.200. The van der Waals surface area contributed by atoms with E-state index in [0.717, 1.165) is 5.56 Å². The molecule has 26 heavy (non-hydrogen) atoms. The van der Waals surface area contributed by atoms with Crippen LogP contribution in [0.4, 0.5) is 0 Å². The van der Waals surface area contributed by atoms with Crippen molar-refractivity contribution >= 4 is 40.5 Å². The smallest absolute Gasteiger partial charge is 0.170 e. The molecule has 0 spiro atoms. The van der Waals surface area contributed by atoms with E-state index in [4.69, 9.17) is 27.9 Å². The molecule has 1 fully saturated rings. The zero-order chi connectivity index (χ0) is 18.7. The Morgan fingerprint density at radius 1 is 1.04 bits per heavy atom. The standard InChI is InChI=1S/C20H16Cl2O4/c21-14-8-7-13(16(22)10-14)11-26-15-4-1-3-12(9-15)20(25)19-17(23)5-2-6-18(19)24/h1,3-4,7-10,25H,2,5-6,11H2. The maximum absolute atomic E-state index is 12.0. The summed E-state index contributed by atoms with van der Waals surface area (Å²) >= 11 is 12.0. The molecule has 0 aromatic heterocycles. The number of carbonyl (C=O) groups is 2. The molecule has 1 aliphatic carbocycles. The Labute approximate surface area is 161 Å². The van der Waals surface area contributed by atoms with E-state index in [-0.39, 0.29) is 42.3 Å². The first-order valence-electron chi connectivity index (χ1n) is 8.12. The van der Waals surface area contributed by atoms with Crippen molar-refractivity contribution in [3.8, 4) is 5.75 Å². The SMILES string of the molecule is O=C1CCCC(=O)C1=C(O)c1cccc(OCc2ccc(Cl)cc2Cl)c1. The van der Waals surface area contributed by atoms with E-state index in [9.17, 15) is 14.7 Å². The van der Waals surface area contributed by atoms with Gasteiger partial charge in [0.15, 0.2) is 11.6 Å². The number of hydrogen-bond acceptors (Lipinski definition) is 4. The van der Waals surface area contributed by atoms with Crippen LogP contribution in [0.1, 0.15) is 30.4 Å². The molecular formula is C20H16Cl2O4. The molecule has 1 N–H and O–H groups in total. The minimum atomic E-state index is -0.321. The summed E-state index contributed by atoms with van der Waals surface area (Å²) < 4.78 is 5.71. The van der Waals surface area contributed by atoms with E-state index in [1.165, 1.54) is 0 Å². The minimum Gasteiger partial charge on any atom is -0.506 e. The molecule has 2 aromatic rings. The van der Waals surface area contributed by atoms with Gasteiger partial charge in [0.05, 0.1) is 0 Å². The minimum absolute atomic E-state index is 0.117. The topological polar surface area (TPSA) is 63.6 Å². The highest BCUT2D eigenvalue weighted by Gasteiger charge is 2.27. The van der Waals surface area contributed by atoms with Gasteiger partial charge in [0.25, 0.3) is 0 Å². The van der Waals surface area contributed by atoms with Crippen LogP contribution >= 0.6 is 23.2 Å². The highest BCUT2D eigenvalue weighted by molar-refractivity contribution is 6.35. The van der Waals surface area contributed by atoms with Gasteiger partial charge in [0.1, 0.15) is 23.7 Å². The molecule has 4 nitrogen and oxygen atoms in total. The van der Waals surface area contributed by atoms with E-state index >= 15 is 0 Å². The second kappa shape index (κ2) is 7.94. The van der Waals surface area contributed by atoms with Gasteiger partial charge in [-0.05, 0) is 30.7 Å². The zero-order valence-corrected chi connectivity index (χ0v) is 15.3. The third-order valence-electron chi connectivity index (χ3n) is 4.12. The Morgan fingerprint density at radius 2 is 1.77 bits per heavy atom. The van der Waals surface area contributed by atoms with Crippen molar-refractivity contribution in [2.24, 2.45) is 0 Å². The van der Waals surface area contributed by atoms with Gasteiger partial charge in [-0.3, -0.25) is 9.59 Å². The summed E-state index contributed by atoms with van der Waals surface area (Å²) in [6.07, 6.45) is 1.08. The third-order valence-corrected chi connectivity index (χ3v) is 4.71. The first-order chi connectivity index (χ1) is 12.5. The lowest BCUT2D eigenvalue weighted by Crippen LogP contribution is -2.20. The maximum Gasteiger partial charge on any atom is 0.170 e. The number of halogens is 2. The quantitative estimate of drug-likeness (QED) is 0.444. The molecule has 134 valence electrons. The van der Waals surface area contributed by atoms with Crippen LogP contribution < -0.4 is 4.74 Å². The van der Waals surface area contributed by atoms with Crippen molar-refractivity contribution in [3.63, 3.8) is 0 Å². The molecule has 0 heterocycles. The summed E-state index contributed by atoms with van der Waals surface area (Å²) in [4.78, 5) is 24.0. The van der Waals surface area contributed by atoms with Gasteiger partial charge >= 0.3 is 0 Å². The second-order valence-corrected chi connectivity index (χ2v) is 6.82. The lowest BCUT2D eigenvalue weighted by atomic mass is 9.90. The number of Topliss-reactive ketones (excluding diaryl/α,β-unsaturated/α-hetero) is 2. The van der Waals surface area contributed by atoms with Crippen LogP contribution in [-0.2, 0) is 16.2 Å². The Kier molecular flexibility index (Phi) is 5.64. The Balaban J connectivity index is 1.82.